The van der Waals surface area contributed by atoms with Gasteiger partial charge in [0.05, 0.1) is 13.2 Å². The van der Waals surface area contributed by atoms with Crippen LogP contribution in [0.15, 0.2) is 0 Å². The number of unbranched alkanes of at least 4 members (excludes halogenated alkanes) is 16. The second kappa shape index (κ2) is 24.7. The third-order valence-corrected chi connectivity index (χ3v) is 9.51. The Morgan fingerprint density at radius 3 is 1.49 bits per heavy atom. The van der Waals surface area contributed by atoms with Crippen LogP contribution in [-0.4, -0.2) is 117 Å². The first kappa shape index (κ1) is 43.7. The van der Waals surface area contributed by atoms with Crippen LogP contribution < -0.4 is 0 Å². The fourth-order valence-electron chi connectivity index (χ4n) is 6.48. The summed E-state index contributed by atoms with van der Waals surface area (Å²) in [5.74, 6) is -3.57. The monoisotopic (exact) mass is 706 g/mol. The lowest BCUT2D eigenvalue weighted by atomic mass is 9.98. The maximum absolute atomic E-state index is 12.8. The van der Waals surface area contributed by atoms with E-state index >= 15 is 0 Å². The highest BCUT2D eigenvalue weighted by Crippen LogP contribution is 2.38. The molecule has 1 unspecified atom stereocenters. The number of carbonyl (C=O) groups is 2. The summed E-state index contributed by atoms with van der Waals surface area (Å²) in [7, 11) is 0. The topological polar surface area (TPSA) is 202 Å². The van der Waals surface area contributed by atoms with E-state index in [1.54, 1.807) is 0 Å². The highest BCUT2D eigenvalue weighted by Gasteiger charge is 2.61. The molecule has 0 bridgehead atoms. The van der Waals surface area contributed by atoms with Crippen molar-refractivity contribution in [3.8, 4) is 0 Å². The minimum atomic E-state index is -2.29. The van der Waals surface area contributed by atoms with E-state index in [0.29, 0.717) is 12.8 Å². The molecule has 2 fully saturated rings. The summed E-state index contributed by atoms with van der Waals surface area (Å²) in [6.45, 7) is 1.95. The Balaban J connectivity index is 1.92. The molecule has 0 spiro atoms. The van der Waals surface area contributed by atoms with Gasteiger partial charge in [-0.25, -0.2) is 0 Å². The first-order chi connectivity index (χ1) is 23.7. The van der Waals surface area contributed by atoms with Crippen LogP contribution in [0.25, 0.3) is 0 Å². The average Bonchev–Trinajstić information content (AvgIpc) is 3.36. The molecule has 0 amide bonds. The van der Waals surface area contributed by atoms with E-state index in [1.165, 1.54) is 57.8 Å². The molecule has 13 heteroatoms. The van der Waals surface area contributed by atoms with Gasteiger partial charge in [0.2, 0.25) is 5.79 Å². The lowest BCUT2D eigenvalue weighted by Gasteiger charge is -2.44. The van der Waals surface area contributed by atoms with E-state index in [0.717, 1.165) is 44.9 Å². The highest BCUT2D eigenvalue weighted by molar-refractivity contribution is 5.70. The third-order valence-electron chi connectivity index (χ3n) is 9.51. The van der Waals surface area contributed by atoms with Gasteiger partial charge in [0.25, 0.3) is 0 Å². The van der Waals surface area contributed by atoms with E-state index in [-0.39, 0.29) is 12.8 Å². The number of ether oxygens (including phenoxy) is 5. The van der Waals surface area contributed by atoms with Crippen molar-refractivity contribution in [3.05, 3.63) is 0 Å². The van der Waals surface area contributed by atoms with E-state index in [2.05, 4.69) is 13.8 Å². The van der Waals surface area contributed by atoms with Crippen LogP contribution in [0.1, 0.15) is 142 Å². The molecule has 2 heterocycles. The van der Waals surface area contributed by atoms with Gasteiger partial charge < -0.3 is 54.3 Å². The van der Waals surface area contributed by atoms with E-state index in [1.807, 2.05) is 0 Å². The summed E-state index contributed by atoms with van der Waals surface area (Å²) in [6, 6.07) is 0. The van der Waals surface area contributed by atoms with Crippen molar-refractivity contribution in [2.75, 3.05) is 19.8 Å². The zero-order valence-corrected chi connectivity index (χ0v) is 29.9. The molecule has 2 aliphatic rings. The quantitative estimate of drug-likeness (QED) is 0.0536. The van der Waals surface area contributed by atoms with Crippen molar-refractivity contribution in [1.82, 2.24) is 0 Å². The molecule has 0 aromatic heterocycles. The number of hydrogen-bond donors (Lipinski definition) is 6. The number of aliphatic hydroxyl groups is 6. The molecular weight excluding hydrogens is 640 g/mol. The van der Waals surface area contributed by atoms with Crippen molar-refractivity contribution in [2.24, 2.45) is 0 Å². The molecule has 2 aliphatic heterocycles. The van der Waals surface area contributed by atoms with Crippen molar-refractivity contribution in [3.63, 3.8) is 0 Å². The van der Waals surface area contributed by atoms with Crippen molar-refractivity contribution >= 4 is 11.9 Å². The standard InChI is InChI=1S/C36H66O13/c1-3-5-7-9-11-13-15-17-19-21-28(40)46-33-27(24-38)45-35(32(44)31(33)43)49-36(25-39)34(30(42)26(23-37)48-36)47-29(41)22-20-18-16-14-12-10-8-6-4-2/h26-27,30-35,37-39,42-44H,3-25H2,1-2H3/t26-,27-,30-,31-,32-,33-,34+,35?,36+/m1/s1. The van der Waals surface area contributed by atoms with Crippen LogP contribution in [0.5, 0.6) is 0 Å². The van der Waals surface area contributed by atoms with Crippen LogP contribution in [0, 0.1) is 0 Å². The van der Waals surface area contributed by atoms with Gasteiger partial charge in [0.1, 0.15) is 37.1 Å². The van der Waals surface area contributed by atoms with Crippen LogP contribution in [-0.2, 0) is 33.3 Å². The largest absolute Gasteiger partial charge is 0.457 e. The Morgan fingerprint density at radius 2 is 1.04 bits per heavy atom. The number of aliphatic hydroxyl groups excluding tert-OH is 6. The average molecular weight is 707 g/mol. The van der Waals surface area contributed by atoms with Gasteiger partial charge in [-0.05, 0) is 12.8 Å². The third kappa shape index (κ3) is 14.6. The van der Waals surface area contributed by atoms with Crippen LogP contribution in [0.4, 0.5) is 0 Å². The molecule has 2 saturated heterocycles. The van der Waals surface area contributed by atoms with Crippen molar-refractivity contribution < 1.29 is 63.9 Å². The fraction of sp³-hybridized carbons (Fsp3) is 0.944. The molecule has 288 valence electrons. The predicted molar refractivity (Wildman–Crippen MR) is 180 cm³/mol. The highest BCUT2D eigenvalue weighted by atomic mass is 16.8. The fourth-order valence-corrected chi connectivity index (χ4v) is 6.48. The molecule has 0 aliphatic carbocycles. The van der Waals surface area contributed by atoms with Gasteiger partial charge in [-0.2, -0.15) is 0 Å². The Bertz CT molecular complexity index is 889. The van der Waals surface area contributed by atoms with Gasteiger partial charge in [-0.1, -0.05) is 117 Å². The number of carbonyl (C=O) groups excluding carboxylic acids is 2. The Kier molecular flexibility index (Phi) is 22.1. The summed E-state index contributed by atoms with van der Waals surface area (Å²) in [5.41, 5.74) is 0. The first-order valence-electron chi connectivity index (χ1n) is 18.9. The molecule has 9 atom stereocenters. The zero-order chi connectivity index (χ0) is 36.1. The molecule has 0 aromatic carbocycles. The van der Waals surface area contributed by atoms with Crippen LogP contribution >= 0.6 is 0 Å². The normalized spacial score (nSPS) is 30.0. The Labute approximate surface area is 292 Å². The number of rotatable bonds is 27. The van der Waals surface area contributed by atoms with Crippen LogP contribution in [0.2, 0.25) is 0 Å². The van der Waals surface area contributed by atoms with Gasteiger partial charge in [0.15, 0.2) is 18.5 Å². The van der Waals surface area contributed by atoms with Crippen LogP contribution in [0.3, 0.4) is 0 Å². The van der Waals surface area contributed by atoms with Gasteiger partial charge in [0, 0.05) is 12.8 Å². The molecule has 0 aromatic rings. The minimum Gasteiger partial charge on any atom is -0.457 e. The lowest BCUT2D eigenvalue weighted by molar-refractivity contribution is -0.384. The minimum absolute atomic E-state index is 0.0459. The molecular formula is C36H66O13. The van der Waals surface area contributed by atoms with Gasteiger partial charge >= 0.3 is 11.9 Å². The summed E-state index contributed by atoms with van der Waals surface area (Å²) in [5, 5.41) is 62.9. The van der Waals surface area contributed by atoms with Crippen molar-refractivity contribution in [1.29, 1.82) is 0 Å². The smallest absolute Gasteiger partial charge is 0.306 e. The number of esters is 2. The lowest BCUT2D eigenvalue weighted by Crippen LogP contribution is -2.63. The molecule has 49 heavy (non-hydrogen) atoms. The summed E-state index contributed by atoms with van der Waals surface area (Å²) < 4.78 is 28.1. The maximum Gasteiger partial charge on any atom is 0.306 e. The second-order valence-corrected chi connectivity index (χ2v) is 13.6. The maximum atomic E-state index is 12.8. The molecule has 2 rings (SSSR count). The summed E-state index contributed by atoms with van der Waals surface area (Å²) in [4.78, 5) is 25.4. The first-order valence-corrected chi connectivity index (χ1v) is 18.9. The molecule has 0 saturated carbocycles. The van der Waals surface area contributed by atoms with Gasteiger partial charge in [-0.3, -0.25) is 9.59 Å². The molecule has 6 N–H and O–H groups in total. The van der Waals surface area contributed by atoms with E-state index in [9.17, 15) is 40.2 Å². The molecule has 13 nitrogen and oxygen atoms in total. The van der Waals surface area contributed by atoms with Gasteiger partial charge in [-0.15, -0.1) is 0 Å². The SMILES string of the molecule is CCCCCCCCCCCC(=O)O[C@H]1[C@H](O)[C@@H](O)C(O[C@]2(CO)O[C@H](CO)[C@@H](O)[C@@H]2OC(=O)CCCCCCCCCCC)O[C@@H]1CO. The Morgan fingerprint density at radius 1 is 0.592 bits per heavy atom. The van der Waals surface area contributed by atoms with E-state index in [4.69, 9.17) is 23.7 Å². The number of hydrogen-bond acceptors (Lipinski definition) is 13. The van der Waals surface area contributed by atoms with Crippen molar-refractivity contribution in [2.45, 2.75) is 197 Å². The second-order valence-electron chi connectivity index (χ2n) is 13.6. The summed E-state index contributed by atoms with van der Waals surface area (Å²) >= 11 is 0. The molecule has 0 radical (unpaired) electrons. The summed E-state index contributed by atoms with van der Waals surface area (Å²) in [6.07, 6.45) is 6.57. The van der Waals surface area contributed by atoms with E-state index < -0.39 is 86.6 Å². The predicted octanol–water partition coefficient (Wildman–Crippen LogP) is 3.55. The Hall–Kier alpha value is -1.42. The zero-order valence-electron chi connectivity index (χ0n) is 29.9.